The highest BCUT2D eigenvalue weighted by atomic mass is 14.5. The summed E-state index contributed by atoms with van der Waals surface area (Å²) in [5, 5.41) is 0. The van der Waals surface area contributed by atoms with Gasteiger partial charge in [0, 0.05) is 5.41 Å². The van der Waals surface area contributed by atoms with Crippen LogP contribution in [0.15, 0.2) is 42.0 Å². The quantitative estimate of drug-likeness (QED) is 0.645. The molecule has 0 aromatic heterocycles. The van der Waals surface area contributed by atoms with Crippen LogP contribution < -0.4 is 0 Å². The van der Waals surface area contributed by atoms with Crippen LogP contribution in [-0.2, 0) is 6.42 Å². The monoisotopic (exact) mass is 238 g/mol. The van der Waals surface area contributed by atoms with Gasteiger partial charge in [0.25, 0.3) is 0 Å². The fraction of sp³-hybridized carbons (Fsp3) is 0.444. The lowest BCUT2D eigenvalue weighted by Crippen LogP contribution is -2.30. The lowest BCUT2D eigenvalue weighted by atomic mass is 9.63. The first-order chi connectivity index (χ1) is 8.56. The maximum Gasteiger partial charge on any atom is 0.00284 e. The Morgan fingerprint density at radius 3 is 2.67 bits per heavy atom. The fourth-order valence-corrected chi connectivity index (χ4v) is 3.92. The van der Waals surface area contributed by atoms with Gasteiger partial charge in [-0.05, 0) is 54.4 Å². The smallest absolute Gasteiger partial charge is 0.00284 e. The molecule has 1 atom stereocenters. The van der Waals surface area contributed by atoms with Gasteiger partial charge >= 0.3 is 0 Å². The van der Waals surface area contributed by atoms with Gasteiger partial charge in [-0.15, -0.1) is 0 Å². The van der Waals surface area contributed by atoms with Crippen LogP contribution >= 0.6 is 0 Å². The molecule has 2 aliphatic carbocycles. The van der Waals surface area contributed by atoms with E-state index in [0.717, 1.165) is 0 Å². The van der Waals surface area contributed by atoms with Gasteiger partial charge in [0.05, 0.1) is 0 Å². The molecule has 0 fully saturated rings. The molecule has 1 aromatic rings. The minimum Gasteiger partial charge on any atom is -0.0956 e. The molecule has 3 rings (SSSR count). The van der Waals surface area contributed by atoms with Gasteiger partial charge < -0.3 is 0 Å². The lowest BCUT2D eigenvalue weighted by molar-refractivity contribution is 0.261. The van der Waals surface area contributed by atoms with Crippen molar-refractivity contribution in [3.05, 3.63) is 53.1 Å². The minimum atomic E-state index is 0.370. The molecule has 2 aliphatic rings. The Morgan fingerprint density at radius 1 is 1.22 bits per heavy atom. The Bertz CT molecular complexity index is 545. The molecule has 0 saturated heterocycles. The van der Waals surface area contributed by atoms with Crippen LogP contribution in [0.25, 0.3) is 5.57 Å². The summed E-state index contributed by atoms with van der Waals surface area (Å²) in [7, 11) is 0. The summed E-state index contributed by atoms with van der Waals surface area (Å²) in [5.74, 6) is 0.697. The molecule has 0 radical (unpaired) electrons. The highest BCUT2D eigenvalue weighted by Crippen LogP contribution is 2.58. The molecule has 0 aliphatic heterocycles. The first kappa shape index (κ1) is 11.8. The van der Waals surface area contributed by atoms with Crippen LogP contribution in [0.4, 0.5) is 0 Å². The highest BCUT2D eigenvalue weighted by molar-refractivity contribution is 5.83. The average Bonchev–Trinajstić information content (AvgIpc) is 2.70. The zero-order valence-corrected chi connectivity index (χ0v) is 11.7. The van der Waals surface area contributed by atoms with E-state index in [0.29, 0.717) is 11.3 Å². The minimum absolute atomic E-state index is 0.370. The number of hydrogen-bond acceptors (Lipinski definition) is 0. The van der Waals surface area contributed by atoms with Crippen molar-refractivity contribution in [1.82, 2.24) is 0 Å². The largest absolute Gasteiger partial charge is 0.0956 e. The topological polar surface area (TPSA) is 0 Å². The Morgan fingerprint density at radius 2 is 1.94 bits per heavy atom. The van der Waals surface area contributed by atoms with Gasteiger partial charge in [-0.2, -0.15) is 0 Å². The second-order valence-electron chi connectivity index (χ2n) is 6.25. The van der Waals surface area contributed by atoms with Crippen molar-refractivity contribution in [3.8, 4) is 0 Å². The maximum absolute atomic E-state index is 4.26. The van der Waals surface area contributed by atoms with E-state index in [-0.39, 0.29) is 0 Å². The van der Waals surface area contributed by atoms with E-state index in [1.54, 1.807) is 5.57 Å². The van der Waals surface area contributed by atoms with Crippen LogP contribution in [0.5, 0.6) is 0 Å². The van der Waals surface area contributed by atoms with Gasteiger partial charge in [0.2, 0.25) is 0 Å². The SMILES string of the molecule is C=C1CCC2(C(C)C)Cc3ccccc3C2=C1C. The van der Waals surface area contributed by atoms with E-state index in [2.05, 4.69) is 51.6 Å². The van der Waals surface area contributed by atoms with Gasteiger partial charge in [0.1, 0.15) is 0 Å². The molecule has 0 bridgehead atoms. The molecule has 1 aromatic carbocycles. The molecular weight excluding hydrogens is 216 g/mol. The van der Waals surface area contributed by atoms with E-state index in [4.69, 9.17) is 0 Å². The van der Waals surface area contributed by atoms with Gasteiger partial charge in [-0.1, -0.05) is 50.3 Å². The average molecular weight is 238 g/mol. The summed E-state index contributed by atoms with van der Waals surface area (Å²) >= 11 is 0. The third kappa shape index (κ3) is 1.38. The molecule has 0 N–H and O–H groups in total. The van der Waals surface area contributed by atoms with E-state index in [1.165, 1.54) is 41.5 Å². The number of benzene rings is 1. The predicted octanol–water partition coefficient (Wildman–Crippen LogP) is 5.01. The first-order valence-corrected chi connectivity index (χ1v) is 7.04. The van der Waals surface area contributed by atoms with E-state index in [1.807, 2.05) is 0 Å². The van der Waals surface area contributed by atoms with Crippen molar-refractivity contribution >= 4 is 5.57 Å². The summed E-state index contributed by atoms with van der Waals surface area (Å²) in [5.41, 5.74) is 7.80. The number of hydrogen-bond donors (Lipinski definition) is 0. The second-order valence-corrected chi connectivity index (χ2v) is 6.25. The Hall–Kier alpha value is -1.30. The second kappa shape index (κ2) is 3.85. The van der Waals surface area contributed by atoms with Crippen LogP contribution in [-0.4, -0.2) is 0 Å². The first-order valence-electron chi connectivity index (χ1n) is 7.04. The van der Waals surface area contributed by atoms with Crippen molar-refractivity contribution in [2.45, 2.75) is 40.0 Å². The highest BCUT2D eigenvalue weighted by Gasteiger charge is 2.46. The fourth-order valence-electron chi connectivity index (χ4n) is 3.92. The number of allylic oxidation sites excluding steroid dienone is 3. The normalized spacial score (nSPS) is 26.6. The number of rotatable bonds is 1. The molecule has 0 spiro atoms. The van der Waals surface area contributed by atoms with Gasteiger partial charge in [-0.25, -0.2) is 0 Å². The van der Waals surface area contributed by atoms with E-state index in [9.17, 15) is 0 Å². The Labute approximate surface area is 110 Å². The zero-order valence-electron chi connectivity index (χ0n) is 11.7. The molecule has 1 unspecified atom stereocenters. The van der Waals surface area contributed by atoms with Gasteiger partial charge in [0.15, 0.2) is 0 Å². The maximum atomic E-state index is 4.26. The lowest BCUT2D eigenvalue weighted by Gasteiger charge is -2.40. The van der Waals surface area contributed by atoms with Crippen LogP contribution in [0.2, 0.25) is 0 Å². The summed E-state index contributed by atoms with van der Waals surface area (Å²) in [6.45, 7) is 11.3. The third-order valence-electron chi connectivity index (χ3n) is 5.17. The van der Waals surface area contributed by atoms with Crippen molar-refractivity contribution in [3.63, 3.8) is 0 Å². The summed E-state index contributed by atoms with van der Waals surface area (Å²) in [6.07, 6.45) is 3.66. The molecule has 94 valence electrons. The third-order valence-corrected chi connectivity index (χ3v) is 5.17. The van der Waals surface area contributed by atoms with Crippen molar-refractivity contribution in [1.29, 1.82) is 0 Å². The predicted molar refractivity (Wildman–Crippen MR) is 78.4 cm³/mol. The van der Waals surface area contributed by atoms with E-state index < -0.39 is 0 Å². The zero-order chi connectivity index (χ0) is 12.9. The summed E-state index contributed by atoms with van der Waals surface area (Å²) in [4.78, 5) is 0. The standard InChI is InChI=1S/C18H22/c1-12(2)18-10-9-13(3)14(4)17(18)16-8-6-5-7-15(16)11-18/h5-8,12H,3,9-11H2,1-2,4H3. The molecule has 0 nitrogen and oxygen atoms in total. The molecule has 18 heavy (non-hydrogen) atoms. The summed E-state index contributed by atoms with van der Waals surface area (Å²) in [6, 6.07) is 8.96. The van der Waals surface area contributed by atoms with Crippen molar-refractivity contribution in [2.24, 2.45) is 11.3 Å². The summed E-state index contributed by atoms with van der Waals surface area (Å²) < 4.78 is 0. The molecule has 0 saturated carbocycles. The van der Waals surface area contributed by atoms with Crippen LogP contribution in [0.3, 0.4) is 0 Å². The molecular formula is C18H22. The van der Waals surface area contributed by atoms with E-state index >= 15 is 0 Å². The molecule has 0 heterocycles. The molecule has 0 heteroatoms. The van der Waals surface area contributed by atoms with Crippen molar-refractivity contribution in [2.75, 3.05) is 0 Å². The van der Waals surface area contributed by atoms with Crippen LogP contribution in [0, 0.1) is 11.3 Å². The number of fused-ring (bicyclic) bond motifs is 3. The van der Waals surface area contributed by atoms with Gasteiger partial charge in [-0.3, -0.25) is 0 Å². The van der Waals surface area contributed by atoms with Crippen LogP contribution in [0.1, 0.15) is 44.7 Å². The molecule has 0 amide bonds. The van der Waals surface area contributed by atoms with Crippen molar-refractivity contribution < 1.29 is 0 Å². The Kier molecular flexibility index (Phi) is 2.52. The Balaban J connectivity index is 2.29.